The minimum absolute atomic E-state index is 0.686. The van der Waals surface area contributed by atoms with Crippen LogP contribution in [-0.2, 0) is 6.42 Å². The summed E-state index contributed by atoms with van der Waals surface area (Å²) in [5.74, 6) is 2.38. The zero-order valence-electron chi connectivity index (χ0n) is 8.12. The van der Waals surface area contributed by atoms with E-state index in [4.69, 9.17) is 4.52 Å². The van der Waals surface area contributed by atoms with Crippen molar-refractivity contribution in [3.63, 3.8) is 0 Å². The van der Waals surface area contributed by atoms with E-state index in [9.17, 15) is 0 Å². The first-order valence-corrected chi connectivity index (χ1v) is 5.14. The predicted octanol–water partition coefficient (Wildman–Crippen LogP) is 2.50. The van der Waals surface area contributed by atoms with E-state index in [1.54, 1.807) is 0 Å². The van der Waals surface area contributed by atoms with Gasteiger partial charge < -0.3 is 4.52 Å². The van der Waals surface area contributed by atoms with E-state index >= 15 is 0 Å². The van der Waals surface area contributed by atoms with Gasteiger partial charge in [0.25, 0.3) is 0 Å². The molecule has 1 aromatic heterocycles. The highest BCUT2D eigenvalue weighted by Gasteiger charge is 2.16. The van der Waals surface area contributed by atoms with Crippen LogP contribution in [0.15, 0.2) is 4.52 Å². The molecule has 0 radical (unpaired) electrons. The van der Waals surface area contributed by atoms with Crippen LogP contribution in [0.3, 0.4) is 0 Å². The number of rotatable bonds is 2. The van der Waals surface area contributed by atoms with E-state index in [1.165, 1.54) is 32.1 Å². The molecule has 0 unspecified atom stereocenters. The van der Waals surface area contributed by atoms with Gasteiger partial charge in [-0.25, -0.2) is 0 Å². The van der Waals surface area contributed by atoms with Crippen molar-refractivity contribution in [2.75, 3.05) is 0 Å². The van der Waals surface area contributed by atoms with Crippen molar-refractivity contribution in [2.24, 2.45) is 5.92 Å². The molecule has 13 heavy (non-hydrogen) atoms. The molecule has 0 amide bonds. The summed E-state index contributed by atoms with van der Waals surface area (Å²) in [6.45, 7) is 1.84. The monoisotopic (exact) mass is 180 g/mol. The van der Waals surface area contributed by atoms with Crippen molar-refractivity contribution in [3.8, 4) is 0 Å². The number of nitrogens with zero attached hydrogens (tertiary/aromatic N) is 2. The molecule has 1 fully saturated rings. The second-order valence-corrected chi connectivity index (χ2v) is 3.94. The third-order valence-corrected chi connectivity index (χ3v) is 2.77. The Balaban J connectivity index is 1.89. The molecular weight excluding hydrogens is 164 g/mol. The summed E-state index contributed by atoms with van der Waals surface area (Å²) in [6.07, 6.45) is 7.85. The van der Waals surface area contributed by atoms with Gasteiger partial charge in [-0.15, -0.1) is 0 Å². The maximum absolute atomic E-state index is 4.94. The quantitative estimate of drug-likeness (QED) is 0.702. The summed E-state index contributed by atoms with van der Waals surface area (Å²) in [4.78, 5) is 4.23. The molecule has 0 atom stereocenters. The molecule has 0 spiro atoms. The average Bonchev–Trinajstić information content (AvgIpc) is 2.53. The highest BCUT2D eigenvalue weighted by molar-refractivity contribution is 4.87. The molecule has 1 aliphatic carbocycles. The molecule has 0 N–H and O–H groups in total. The van der Waals surface area contributed by atoms with Gasteiger partial charge in [0, 0.05) is 13.3 Å². The van der Waals surface area contributed by atoms with Gasteiger partial charge in [0.2, 0.25) is 5.89 Å². The Morgan fingerprint density at radius 2 is 2.08 bits per heavy atom. The van der Waals surface area contributed by atoms with Crippen molar-refractivity contribution >= 4 is 0 Å². The molecule has 0 saturated heterocycles. The minimum Gasteiger partial charge on any atom is -0.340 e. The number of hydrogen-bond donors (Lipinski definition) is 0. The average molecular weight is 180 g/mol. The Bertz CT molecular complexity index is 264. The summed E-state index contributed by atoms with van der Waals surface area (Å²) in [6, 6.07) is 0. The fraction of sp³-hybridized carbons (Fsp3) is 0.800. The molecule has 3 nitrogen and oxygen atoms in total. The second-order valence-electron chi connectivity index (χ2n) is 3.94. The minimum atomic E-state index is 0.686. The van der Waals surface area contributed by atoms with E-state index in [0.717, 1.165) is 18.2 Å². The van der Waals surface area contributed by atoms with Crippen LogP contribution in [0.4, 0.5) is 0 Å². The molecule has 0 bridgehead atoms. The van der Waals surface area contributed by atoms with E-state index in [2.05, 4.69) is 10.1 Å². The van der Waals surface area contributed by atoms with Crippen LogP contribution in [0.1, 0.15) is 43.8 Å². The Kier molecular flexibility index (Phi) is 2.62. The maximum atomic E-state index is 4.94. The van der Waals surface area contributed by atoms with Crippen molar-refractivity contribution in [3.05, 3.63) is 11.7 Å². The standard InChI is InChI=1S/C10H16N2O/c1-8-11-10(12-13-8)7-9-5-3-2-4-6-9/h9H,2-7H2,1H3. The third-order valence-electron chi connectivity index (χ3n) is 2.77. The van der Waals surface area contributed by atoms with Crippen LogP contribution < -0.4 is 0 Å². The van der Waals surface area contributed by atoms with E-state index in [-0.39, 0.29) is 0 Å². The molecule has 1 aromatic rings. The molecule has 1 saturated carbocycles. The molecule has 1 aliphatic rings. The van der Waals surface area contributed by atoms with Gasteiger partial charge in [0.05, 0.1) is 0 Å². The summed E-state index contributed by atoms with van der Waals surface area (Å²) in [7, 11) is 0. The van der Waals surface area contributed by atoms with Crippen LogP contribution >= 0.6 is 0 Å². The largest absolute Gasteiger partial charge is 0.340 e. The molecular formula is C10H16N2O. The first kappa shape index (κ1) is 8.73. The third kappa shape index (κ3) is 2.29. The first-order chi connectivity index (χ1) is 6.34. The van der Waals surface area contributed by atoms with Crippen LogP contribution in [0.2, 0.25) is 0 Å². The van der Waals surface area contributed by atoms with Gasteiger partial charge >= 0.3 is 0 Å². The van der Waals surface area contributed by atoms with E-state index < -0.39 is 0 Å². The van der Waals surface area contributed by atoms with Gasteiger partial charge in [0.15, 0.2) is 5.82 Å². The van der Waals surface area contributed by atoms with Crippen molar-refractivity contribution < 1.29 is 4.52 Å². The van der Waals surface area contributed by atoms with Gasteiger partial charge in [0.1, 0.15) is 0 Å². The van der Waals surface area contributed by atoms with Gasteiger partial charge in [-0.2, -0.15) is 4.98 Å². The van der Waals surface area contributed by atoms with Crippen molar-refractivity contribution in [2.45, 2.75) is 45.4 Å². The first-order valence-electron chi connectivity index (χ1n) is 5.14. The van der Waals surface area contributed by atoms with E-state index in [1.807, 2.05) is 6.92 Å². The van der Waals surface area contributed by atoms with Crippen LogP contribution in [0, 0.1) is 12.8 Å². The molecule has 2 rings (SSSR count). The lowest BCUT2D eigenvalue weighted by molar-refractivity contribution is 0.340. The van der Waals surface area contributed by atoms with Gasteiger partial charge in [-0.3, -0.25) is 0 Å². The van der Waals surface area contributed by atoms with Crippen LogP contribution in [-0.4, -0.2) is 10.1 Å². The summed E-state index contributed by atoms with van der Waals surface area (Å²) >= 11 is 0. The lowest BCUT2D eigenvalue weighted by Crippen LogP contribution is -2.10. The van der Waals surface area contributed by atoms with Gasteiger partial charge in [-0.05, 0) is 5.92 Å². The molecule has 0 aliphatic heterocycles. The lowest BCUT2D eigenvalue weighted by Gasteiger charge is -2.19. The van der Waals surface area contributed by atoms with Crippen molar-refractivity contribution in [1.29, 1.82) is 0 Å². The topological polar surface area (TPSA) is 38.9 Å². The fourth-order valence-corrected chi connectivity index (χ4v) is 2.07. The Labute approximate surface area is 78.5 Å². The summed E-state index contributed by atoms with van der Waals surface area (Å²) < 4.78 is 4.94. The van der Waals surface area contributed by atoms with Gasteiger partial charge in [-0.1, -0.05) is 37.3 Å². The molecule has 3 heteroatoms. The molecule has 0 aromatic carbocycles. The molecule has 1 heterocycles. The van der Waals surface area contributed by atoms with Crippen LogP contribution in [0.25, 0.3) is 0 Å². The predicted molar refractivity (Wildman–Crippen MR) is 49.3 cm³/mol. The lowest BCUT2D eigenvalue weighted by atomic mass is 9.87. The zero-order valence-corrected chi connectivity index (χ0v) is 8.12. The second kappa shape index (κ2) is 3.90. The van der Waals surface area contributed by atoms with Crippen molar-refractivity contribution in [1.82, 2.24) is 10.1 Å². The molecule has 72 valence electrons. The smallest absolute Gasteiger partial charge is 0.223 e. The number of aromatic nitrogens is 2. The number of aryl methyl sites for hydroxylation is 1. The van der Waals surface area contributed by atoms with E-state index in [0.29, 0.717) is 5.89 Å². The SMILES string of the molecule is Cc1nc(CC2CCCCC2)no1. The Hall–Kier alpha value is -0.860. The normalized spacial score (nSPS) is 19.2. The zero-order chi connectivity index (χ0) is 9.10. The Morgan fingerprint density at radius 3 is 2.69 bits per heavy atom. The maximum Gasteiger partial charge on any atom is 0.223 e. The Morgan fingerprint density at radius 1 is 1.31 bits per heavy atom. The summed E-state index contributed by atoms with van der Waals surface area (Å²) in [5.41, 5.74) is 0. The highest BCUT2D eigenvalue weighted by atomic mass is 16.5. The van der Waals surface area contributed by atoms with Crippen LogP contribution in [0.5, 0.6) is 0 Å². The fourth-order valence-electron chi connectivity index (χ4n) is 2.07. The summed E-state index contributed by atoms with van der Waals surface area (Å²) in [5, 5.41) is 3.92. The highest BCUT2D eigenvalue weighted by Crippen LogP contribution is 2.25. The number of hydrogen-bond acceptors (Lipinski definition) is 3.